The quantitative estimate of drug-likeness (QED) is 0.821. The Morgan fingerprint density at radius 2 is 1.62 bits per heavy atom. The minimum absolute atomic E-state index is 0.102. The summed E-state index contributed by atoms with van der Waals surface area (Å²) in [5.74, 6) is 0.148. The van der Waals surface area contributed by atoms with E-state index in [0.29, 0.717) is 5.75 Å². The fourth-order valence-corrected chi connectivity index (χ4v) is 3.10. The number of benzene rings is 2. The molecule has 0 saturated carbocycles. The number of ether oxygens (including phenoxy) is 1. The van der Waals surface area contributed by atoms with Crippen LogP contribution in [0.1, 0.15) is 32.1 Å². The molecule has 1 heterocycles. The number of amides is 1. The summed E-state index contributed by atoms with van der Waals surface area (Å²) in [6.45, 7) is 2.46. The SMILES string of the molecule is O=C(CCOc1ccc(F)cc1)Nc1ccc(N2CCCCCC2)cc1. The first-order valence-electron chi connectivity index (χ1n) is 9.24. The van der Waals surface area contributed by atoms with Gasteiger partial charge in [0.05, 0.1) is 13.0 Å². The summed E-state index contributed by atoms with van der Waals surface area (Å²) in [5.41, 5.74) is 2.00. The van der Waals surface area contributed by atoms with E-state index in [4.69, 9.17) is 4.74 Å². The Kier molecular flexibility index (Phi) is 6.47. The van der Waals surface area contributed by atoms with Crippen LogP contribution in [0.3, 0.4) is 0 Å². The van der Waals surface area contributed by atoms with Crippen molar-refractivity contribution in [1.29, 1.82) is 0 Å². The average Bonchev–Trinajstić information content (AvgIpc) is 2.93. The highest BCUT2D eigenvalue weighted by atomic mass is 19.1. The Hall–Kier alpha value is -2.56. The van der Waals surface area contributed by atoms with E-state index >= 15 is 0 Å². The molecule has 5 heteroatoms. The number of nitrogens with one attached hydrogen (secondary N) is 1. The third kappa shape index (κ3) is 5.48. The van der Waals surface area contributed by atoms with E-state index in [2.05, 4.69) is 22.3 Å². The van der Waals surface area contributed by atoms with E-state index in [1.165, 1.54) is 43.5 Å². The first-order valence-corrected chi connectivity index (χ1v) is 9.24. The van der Waals surface area contributed by atoms with Crippen molar-refractivity contribution in [1.82, 2.24) is 0 Å². The summed E-state index contributed by atoms with van der Waals surface area (Å²) >= 11 is 0. The fraction of sp³-hybridized carbons (Fsp3) is 0.381. The zero-order valence-corrected chi connectivity index (χ0v) is 14.9. The van der Waals surface area contributed by atoms with Gasteiger partial charge in [0.2, 0.25) is 5.91 Å². The number of hydrogen-bond acceptors (Lipinski definition) is 3. The van der Waals surface area contributed by atoms with Crippen molar-refractivity contribution in [2.24, 2.45) is 0 Å². The fourth-order valence-electron chi connectivity index (χ4n) is 3.10. The molecule has 2 aromatic rings. The molecule has 1 amide bonds. The lowest BCUT2D eigenvalue weighted by Gasteiger charge is -2.22. The summed E-state index contributed by atoms with van der Waals surface area (Å²) in [6, 6.07) is 13.8. The first kappa shape index (κ1) is 18.2. The number of rotatable bonds is 6. The van der Waals surface area contributed by atoms with Crippen LogP contribution in [0.4, 0.5) is 15.8 Å². The topological polar surface area (TPSA) is 41.6 Å². The number of anilines is 2. The molecule has 26 heavy (non-hydrogen) atoms. The summed E-state index contributed by atoms with van der Waals surface area (Å²) in [4.78, 5) is 14.4. The maximum Gasteiger partial charge on any atom is 0.227 e. The Bertz CT molecular complexity index is 693. The zero-order valence-electron chi connectivity index (χ0n) is 14.9. The van der Waals surface area contributed by atoms with Crippen LogP contribution < -0.4 is 15.0 Å². The number of halogens is 1. The van der Waals surface area contributed by atoms with Crippen molar-refractivity contribution < 1.29 is 13.9 Å². The van der Waals surface area contributed by atoms with Crippen LogP contribution in [0.5, 0.6) is 5.75 Å². The molecular formula is C21H25FN2O2. The predicted molar refractivity (Wildman–Crippen MR) is 102 cm³/mol. The van der Waals surface area contributed by atoms with Crippen molar-refractivity contribution in [3.63, 3.8) is 0 Å². The molecule has 1 N–H and O–H groups in total. The highest BCUT2D eigenvalue weighted by molar-refractivity contribution is 5.90. The second-order valence-corrected chi connectivity index (χ2v) is 6.55. The molecule has 1 aliphatic rings. The molecule has 0 unspecified atom stereocenters. The van der Waals surface area contributed by atoms with Gasteiger partial charge in [-0.2, -0.15) is 0 Å². The monoisotopic (exact) mass is 356 g/mol. The number of nitrogens with zero attached hydrogens (tertiary/aromatic N) is 1. The first-order chi connectivity index (χ1) is 12.7. The largest absolute Gasteiger partial charge is 0.493 e. The smallest absolute Gasteiger partial charge is 0.227 e. The Morgan fingerprint density at radius 1 is 0.962 bits per heavy atom. The van der Waals surface area contributed by atoms with Crippen LogP contribution in [0.25, 0.3) is 0 Å². The third-order valence-electron chi connectivity index (χ3n) is 4.53. The van der Waals surface area contributed by atoms with Gasteiger partial charge in [-0.15, -0.1) is 0 Å². The van der Waals surface area contributed by atoms with E-state index < -0.39 is 0 Å². The van der Waals surface area contributed by atoms with E-state index in [1.54, 1.807) is 12.1 Å². The molecule has 3 rings (SSSR count). The molecule has 4 nitrogen and oxygen atoms in total. The van der Waals surface area contributed by atoms with Crippen LogP contribution in [0.2, 0.25) is 0 Å². The maximum absolute atomic E-state index is 12.8. The molecular weight excluding hydrogens is 331 g/mol. The summed E-state index contributed by atoms with van der Waals surface area (Å²) in [7, 11) is 0. The third-order valence-corrected chi connectivity index (χ3v) is 4.53. The summed E-state index contributed by atoms with van der Waals surface area (Å²) in [5, 5.41) is 2.88. The van der Waals surface area contributed by atoms with Crippen molar-refractivity contribution in [3.05, 3.63) is 54.3 Å². The van der Waals surface area contributed by atoms with Gasteiger partial charge < -0.3 is 15.0 Å². The molecule has 0 bridgehead atoms. The zero-order chi connectivity index (χ0) is 18.2. The Balaban J connectivity index is 1.44. The highest BCUT2D eigenvalue weighted by Gasteiger charge is 2.10. The Morgan fingerprint density at radius 3 is 2.27 bits per heavy atom. The van der Waals surface area contributed by atoms with Gasteiger partial charge in [0.1, 0.15) is 11.6 Å². The summed E-state index contributed by atoms with van der Waals surface area (Å²) < 4.78 is 18.3. The van der Waals surface area contributed by atoms with Gasteiger partial charge in [0.25, 0.3) is 0 Å². The van der Waals surface area contributed by atoms with Crippen LogP contribution >= 0.6 is 0 Å². The lowest BCUT2D eigenvalue weighted by atomic mass is 10.2. The molecule has 1 aliphatic heterocycles. The molecule has 0 spiro atoms. The van der Waals surface area contributed by atoms with Gasteiger partial charge in [-0.3, -0.25) is 4.79 Å². The molecule has 1 saturated heterocycles. The van der Waals surface area contributed by atoms with E-state index in [0.717, 1.165) is 18.8 Å². The van der Waals surface area contributed by atoms with Gasteiger partial charge in [0, 0.05) is 24.5 Å². The van der Waals surface area contributed by atoms with Crippen molar-refractivity contribution >= 4 is 17.3 Å². The summed E-state index contributed by atoms with van der Waals surface area (Å²) in [6.07, 6.45) is 5.35. The molecule has 0 aliphatic carbocycles. The minimum atomic E-state index is -0.307. The predicted octanol–water partition coefficient (Wildman–Crippen LogP) is 4.61. The lowest BCUT2D eigenvalue weighted by Crippen LogP contribution is -2.23. The van der Waals surface area contributed by atoms with E-state index in [1.807, 2.05) is 12.1 Å². The standard InChI is InChI=1S/C21H25FN2O2/c22-17-5-11-20(12-6-17)26-16-13-21(25)23-18-7-9-19(10-8-18)24-14-3-1-2-4-15-24/h5-12H,1-4,13-16H2,(H,23,25). The maximum atomic E-state index is 12.8. The van der Waals surface area contributed by atoms with E-state index in [9.17, 15) is 9.18 Å². The number of hydrogen-bond donors (Lipinski definition) is 1. The van der Waals surface area contributed by atoms with Crippen LogP contribution in [-0.4, -0.2) is 25.6 Å². The van der Waals surface area contributed by atoms with Gasteiger partial charge in [0.15, 0.2) is 0 Å². The highest BCUT2D eigenvalue weighted by Crippen LogP contribution is 2.21. The van der Waals surface area contributed by atoms with Crippen LogP contribution in [0.15, 0.2) is 48.5 Å². The minimum Gasteiger partial charge on any atom is -0.493 e. The van der Waals surface area contributed by atoms with Gasteiger partial charge in [-0.05, 0) is 61.4 Å². The second-order valence-electron chi connectivity index (χ2n) is 6.55. The Labute approximate surface area is 154 Å². The lowest BCUT2D eigenvalue weighted by molar-refractivity contribution is -0.116. The number of carbonyl (C=O) groups is 1. The van der Waals surface area contributed by atoms with Gasteiger partial charge in [-0.1, -0.05) is 12.8 Å². The second kappa shape index (κ2) is 9.22. The molecule has 1 fully saturated rings. The van der Waals surface area contributed by atoms with Crippen molar-refractivity contribution in [2.45, 2.75) is 32.1 Å². The molecule has 0 aromatic heterocycles. The van der Waals surface area contributed by atoms with Gasteiger partial charge in [-0.25, -0.2) is 4.39 Å². The normalized spacial score (nSPS) is 14.6. The van der Waals surface area contributed by atoms with Crippen LogP contribution in [0, 0.1) is 5.82 Å². The molecule has 138 valence electrons. The van der Waals surface area contributed by atoms with E-state index in [-0.39, 0.29) is 24.8 Å². The van der Waals surface area contributed by atoms with Crippen molar-refractivity contribution in [2.75, 3.05) is 29.9 Å². The van der Waals surface area contributed by atoms with Gasteiger partial charge >= 0.3 is 0 Å². The molecule has 0 radical (unpaired) electrons. The van der Waals surface area contributed by atoms with Crippen LogP contribution in [-0.2, 0) is 4.79 Å². The average molecular weight is 356 g/mol. The molecule has 2 aromatic carbocycles. The number of carbonyl (C=O) groups excluding carboxylic acids is 1. The molecule has 0 atom stereocenters. The van der Waals surface area contributed by atoms with Crippen molar-refractivity contribution in [3.8, 4) is 5.75 Å².